The molecule has 1 aromatic rings. The summed E-state index contributed by atoms with van der Waals surface area (Å²) >= 11 is 0. The third-order valence-electron chi connectivity index (χ3n) is 4.71. The maximum Gasteiger partial charge on any atom is 0.243 e. The monoisotopic (exact) mass is 382 g/mol. The molecule has 1 aliphatic rings. The van der Waals surface area contributed by atoms with Crippen molar-refractivity contribution in [3.05, 3.63) is 24.3 Å². The quantitative estimate of drug-likeness (QED) is 0.750. The van der Waals surface area contributed by atoms with Crippen LogP contribution in [-0.2, 0) is 14.8 Å². The molecule has 1 heterocycles. The van der Waals surface area contributed by atoms with Crippen LogP contribution < -0.4 is 10.1 Å². The van der Waals surface area contributed by atoms with Crippen LogP contribution in [0.5, 0.6) is 5.75 Å². The van der Waals surface area contributed by atoms with Crippen molar-refractivity contribution in [1.82, 2.24) is 9.62 Å². The zero-order chi connectivity index (χ0) is 19.2. The fourth-order valence-electron chi connectivity index (χ4n) is 3.25. The van der Waals surface area contributed by atoms with Crippen molar-refractivity contribution in [2.75, 3.05) is 19.7 Å². The fourth-order valence-corrected chi connectivity index (χ4v) is 4.72. The van der Waals surface area contributed by atoms with Crippen LogP contribution in [0.4, 0.5) is 0 Å². The molecule has 7 heteroatoms. The van der Waals surface area contributed by atoms with E-state index in [1.54, 1.807) is 24.3 Å². The highest BCUT2D eigenvalue weighted by atomic mass is 32.2. The summed E-state index contributed by atoms with van der Waals surface area (Å²) in [6, 6.07) is 6.66. The third kappa shape index (κ3) is 5.20. The highest BCUT2D eigenvalue weighted by Gasteiger charge is 2.32. The molecule has 1 unspecified atom stereocenters. The van der Waals surface area contributed by atoms with Crippen molar-refractivity contribution in [3.8, 4) is 5.75 Å². The topological polar surface area (TPSA) is 75.7 Å². The van der Waals surface area contributed by atoms with Crippen LogP contribution >= 0.6 is 0 Å². The lowest BCUT2D eigenvalue weighted by Crippen LogP contribution is -2.44. The predicted octanol–water partition coefficient (Wildman–Crippen LogP) is 2.79. The lowest BCUT2D eigenvalue weighted by atomic mass is 9.96. The minimum Gasteiger partial charge on any atom is -0.494 e. The van der Waals surface area contributed by atoms with E-state index in [-0.39, 0.29) is 22.8 Å². The summed E-state index contributed by atoms with van der Waals surface area (Å²) in [5.74, 6) is 0.591. The number of carbonyl (C=O) groups is 1. The molecule has 0 aromatic heterocycles. The van der Waals surface area contributed by atoms with Crippen LogP contribution in [0.15, 0.2) is 29.2 Å². The number of nitrogens with zero attached hydrogens (tertiary/aromatic N) is 1. The van der Waals surface area contributed by atoms with E-state index in [0.717, 1.165) is 12.8 Å². The molecule has 0 saturated carbocycles. The van der Waals surface area contributed by atoms with Gasteiger partial charge in [-0.15, -0.1) is 0 Å². The number of carbonyl (C=O) groups excluding carboxylic acids is 1. The second kappa shape index (κ2) is 9.37. The maximum atomic E-state index is 12.8. The van der Waals surface area contributed by atoms with Gasteiger partial charge >= 0.3 is 0 Å². The first-order chi connectivity index (χ1) is 12.4. The second-order valence-corrected chi connectivity index (χ2v) is 8.72. The van der Waals surface area contributed by atoms with Gasteiger partial charge in [-0.05, 0) is 57.4 Å². The molecular weight excluding hydrogens is 352 g/mol. The Bertz CT molecular complexity index is 680. The molecule has 1 atom stereocenters. The van der Waals surface area contributed by atoms with Crippen LogP contribution in [-0.4, -0.2) is 44.4 Å². The highest BCUT2D eigenvalue weighted by molar-refractivity contribution is 7.89. The molecule has 1 aliphatic heterocycles. The number of hydrogen-bond donors (Lipinski definition) is 1. The van der Waals surface area contributed by atoms with Crippen molar-refractivity contribution in [2.24, 2.45) is 5.92 Å². The number of nitrogens with one attached hydrogen (secondary N) is 1. The van der Waals surface area contributed by atoms with Gasteiger partial charge in [-0.1, -0.05) is 13.3 Å². The Morgan fingerprint density at radius 2 is 1.85 bits per heavy atom. The van der Waals surface area contributed by atoms with Crippen LogP contribution in [0.2, 0.25) is 0 Å². The predicted molar refractivity (Wildman–Crippen MR) is 102 cm³/mol. The molecule has 0 spiro atoms. The summed E-state index contributed by atoms with van der Waals surface area (Å²) in [5.41, 5.74) is 0. The molecule has 1 saturated heterocycles. The molecule has 1 aromatic carbocycles. The van der Waals surface area contributed by atoms with Crippen LogP contribution in [0.25, 0.3) is 0 Å². The van der Waals surface area contributed by atoms with E-state index >= 15 is 0 Å². The molecule has 26 heavy (non-hydrogen) atoms. The number of benzene rings is 1. The average Bonchev–Trinajstić information content (AvgIpc) is 2.62. The van der Waals surface area contributed by atoms with Gasteiger partial charge in [0.25, 0.3) is 0 Å². The average molecular weight is 383 g/mol. The number of amides is 1. The standard InChI is InChI=1S/C19H30N2O4S/c1-4-6-15(3)20-19(22)16-11-13-21(14-12-16)26(23,24)18-9-7-17(8-10-18)25-5-2/h7-10,15-16H,4-6,11-14H2,1-3H3,(H,20,22). The molecule has 6 nitrogen and oxygen atoms in total. The summed E-state index contributed by atoms with van der Waals surface area (Å²) < 4.78 is 32.4. The molecule has 0 radical (unpaired) electrons. The Morgan fingerprint density at radius 3 is 2.38 bits per heavy atom. The summed E-state index contributed by atoms with van der Waals surface area (Å²) in [6.45, 7) is 7.26. The van der Waals surface area contributed by atoms with Gasteiger partial charge in [-0.25, -0.2) is 8.42 Å². The van der Waals surface area contributed by atoms with Gasteiger partial charge in [-0.2, -0.15) is 4.31 Å². The molecule has 1 N–H and O–H groups in total. The summed E-state index contributed by atoms with van der Waals surface area (Å²) in [6.07, 6.45) is 3.10. The van der Waals surface area contributed by atoms with Crippen molar-refractivity contribution in [3.63, 3.8) is 0 Å². The fraction of sp³-hybridized carbons (Fsp3) is 0.632. The zero-order valence-corrected chi connectivity index (χ0v) is 16.7. The van der Waals surface area contributed by atoms with Crippen molar-refractivity contribution in [2.45, 2.75) is 57.4 Å². The van der Waals surface area contributed by atoms with Crippen LogP contribution in [0.3, 0.4) is 0 Å². The SMILES string of the molecule is CCCC(C)NC(=O)C1CCN(S(=O)(=O)c2ccc(OCC)cc2)CC1. The highest BCUT2D eigenvalue weighted by Crippen LogP contribution is 2.25. The van der Waals surface area contributed by atoms with Gasteiger partial charge in [0.1, 0.15) is 5.75 Å². The Labute approximate surface area is 157 Å². The van der Waals surface area contributed by atoms with Crippen molar-refractivity contribution >= 4 is 15.9 Å². The Kier molecular flexibility index (Phi) is 7.46. The maximum absolute atomic E-state index is 12.8. The first-order valence-electron chi connectivity index (χ1n) is 9.41. The molecule has 1 fully saturated rings. The summed E-state index contributed by atoms with van der Waals surface area (Å²) in [4.78, 5) is 12.6. The number of sulfonamides is 1. The number of rotatable bonds is 8. The Balaban J connectivity index is 1.94. The summed E-state index contributed by atoms with van der Waals surface area (Å²) in [5, 5.41) is 3.03. The van der Waals surface area contributed by atoms with Crippen molar-refractivity contribution < 1.29 is 17.9 Å². The smallest absolute Gasteiger partial charge is 0.243 e. The van der Waals surface area contributed by atoms with Gasteiger partial charge in [0.15, 0.2) is 0 Å². The van der Waals surface area contributed by atoms with Gasteiger partial charge in [0.05, 0.1) is 11.5 Å². The molecule has 1 amide bonds. The first-order valence-corrected chi connectivity index (χ1v) is 10.9. The molecule has 0 aliphatic carbocycles. The van der Waals surface area contributed by atoms with Crippen LogP contribution in [0, 0.1) is 5.92 Å². The molecular formula is C19H30N2O4S. The van der Waals surface area contributed by atoms with E-state index in [1.807, 2.05) is 13.8 Å². The number of piperidine rings is 1. The zero-order valence-electron chi connectivity index (χ0n) is 15.9. The van der Waals surface area contributed by atoms with E-state index in [1.165, 1.54) is 4.31 Å². The minimum atomic E-state index is -3.53. The Hall–Kier alpha value is -1.60. The second-order valence-electron chi connectivity index (χ2n) is 6.78. The van der Waals surface area contributed by atoms with E-state index in [0.29, 0.717) is 38.3 Å². The lowest BCUT2D eigenvalue weighted by molar-refractivity contribution is -0.126. The number of hydrogen-bond acceptors (Lipinski definition) is 4. The van der Waals surface area contributed by atoms with E-state index < -0.39 is 10.0 Å². The first kappa shape index (κ1) is 20.7. The molecule has 2 rings (SSSR count). The Morgan fingerprint density at radius 1 is 1.23 bits per heavy atom. The summed E-state index contributed by atoms with van der Waals surface area (Å²) in [7, 11) is -3.53. The molecule has 146 valence electrons. The largest absolute Gasteiger partial charge is 0.494 e. The minimum absolute atomic E-state index is 0.0454. The van der Waals surface area contributed by atoms with E-state index in [9.17, 15) is 13.2 Å². The van der Waals surface area contributed by atoms with Gasteiger partial charge in [-0.3, -0.25) is 4.79 Å². The van der Waals surface area contributed by atoms with Gasteiger partial charge in [0, 0.05) is 25.0 Å². The van der Waals surface area contributed by atoms with Gasteiger partial charge < -0.3 is 10.1 Å². The normalized spacial score (nSPS) is 17.7. The lowest BCUT2D eigenvalue weighted by Gasteiger charge is -2.31. The van der Waals surface area contributed by atoms with E-state index in [2.05, 4.69) is 12.2 Å². The van der Waals surface area contributed by atoms with Crippen LogP contribution in [0.1, 0.15) is 46.5 Å². The van der Waals surface area contributed by atoms with E-state index in [4.69, 9.17) is 4.74 Å². The molecule has 0 bridgehead atoms. The van der Waals surface area contributed by atoms with Gasteiger partial charge in [0.2, 0.25) is 15.9 Å². The number of ether oxygens (including phenoxy) is 1. The van der Waals surface area contributed by atoms with Crippen molar-refractivity contribution in [1.29, 1.82) is 0 Å². The third-order valence-corrected chi connectivity index (χ3v) is 6.62.